The molecule has 0 aliphatic heterocycles. The highest BCUT2D eigenvalue weighted by Crippen LogP contribution is 2.17. The minimum atomic E-state index is -0.609. The summed E-state index contributed by atoms with van der Waals surface area (Å²) in [4.78, 5) is 16.3. The first kappa shape index (κ1) is 16.7. The number of imidazole rings is 1. The summed E-state index contributed by atoms with van der Waals surface area (Å²) >= 11 is 0. The fraction of sp³-hybridized carbons (Fsp3) is 0.733. The number of nitrogens with one attached hydrogen (secondary N) is 1. The molecule has 0 bridgehead atoms. The van der Waals surface area contributed by atoms with Gasteiger partial charge in [0, 0.05) is 24.9 Å². The van der Waals surface area contributed by atoms with Crippen molar-refractivity contribution >= 4 is 5.97 Å². The van der Waals surface area contributed by atoms with Gasteiger partial charge < -0.3 is 14.6 Å². The zero-order valence-corrected chi connectivity index (χ0v) is 13.3. The summed E-state index contributed by atoms with van der Waals surface area (Å²) in [6.07, 6.45) is 5.47. The predicted octanol–water partition coefficient (Wildman–Crippen LogP) is 2.33. The van der Waals surface area contributed by atoms with Gasteiger partial charge in [0.15, 0.2) is 0 Å². The predicted molar refractivity (Wildman–Crippen MR) is 79.6 cm³/mol. The quantitative estimate of drug-likeness (QED) is 0.743. The maximum Gasteiger partial charge on any atom is 0.325 e. The van der Waals surface area contributed by atoms with E-state index in [1.54, 1.807) is 0 Å². The molecule has 0 spiro atoms. The highest BCUT2D eigenvalue weighted by atomic mass is 16.5. The summed E-state index contributed by atoms with van der Waals surface area (Å²) in [5.74, 6) is 1.30. The van der Waals surface area contributed by atoms with Crippen LogP contribution in [0.1, 0.15) is 52.3 Å². The first-order valence-electron chi connectivity index (χ1n) is 7.29. The number of hydrogen-bond donors (Lipinski definition) is 1. The second-order valence-corrected chi connectivity index (χ2v) is 5.59. The van der Waals surface area contributed by atoms with Gasteiger partial charge in [0.2, 0.25) is 0 Å². The van der Waals surface area contributed by atoms with Crippen LogP contribution in [0, 0.1) is 0 Å². The van der Waals surface area contributed by atoms with Crippen LogP contribution in [-0.4, -0.2) is 34.7 Å². The molecule has 20 heavy (non-hydrogen) atoms. The van der Waals surface area contributed by atoms with E-state index in [9.17, 15) is 4.79 Å². The van der Waals surface area contributed by atoms with Crippen molar-refractivity contribution < 1.29 is 9.53 Å². The number of ether oxygens (including phenoxy) is 1. The monoisotopic (exact) mass is 281 g/mol. The van der Waals surface area contributed by atoms with E-state index < -0.39 is 5.54 Å². The first-order chi connectivity index (χ1) is 9.44. The standard InChI is InChI=1S/C15H27N3O2/c1-6-17-15(4,14(19)20-5)8-7-10-18-11-9-16-13(18)12(2)3/h9,11-12,17H,6-8,10H2,1-5H3. The summed E-state index contributed by atoms with van der Waals surface area (Å²) in [6.45, 7) is 9.78. The van der Waals surface area contributed by atoms with Gasteiger partial charge in [-0.2, -0.15) is 0 Å². The molecule has 0 aliphatic rings. The molecule has 0 aliphatic carbocycles. The lowest BCUT2D eigenvalue weighted by atomic mass is 9.95. The van der Waals surface area contributed by atoms with Crippen LogP contribution in [-0.2, 0) is 16.1 Å². The van der Waals surface area contributed by atoms with Gasteiger partial charge in [0.1, 0.15) is 11.4 Å². The average molecular weight is 281 g/mol. The number of likely N-dealkylation sites (N-methyl/N-ethyl adjacent to an activating group) is 1. The third kappa shape index (κ3) is 4.07. The number of nitrogens with zero attached hydrogens (tertiary/aromatic N) is 2. The summed E-state index contributed by atoms with van der Waals surface area (Å²) in [7, 11) is 1.44. The van der Waals surface area contributed by atoms with Crippen LogP contribution >= 0.6 is 0 Å². The van der Waals surface area contributed by atoms with E-state index in [1.165, 1.54) is 7.11 Å². The lowest BCUT2D eigenvalue weighted by Crippen LogP contribution is -2.50. The Hall–Kier alpha value is -1.36. The van der Waals surface area contributed by atoms with E-state index >= 15 is 0 Å². The molecule has 1 atom stereocenters. The second-order valence-electron chi connectivity index (χ2n) is 5.59. The Morgan fingerprint density at radius 3 is 2.80 bits per heavy atom. The molecule has 1 heterocycles. The molecule has 0 aromatic carbocycles. The number of hydrogen-bond acceptors (Lipinski definition) is 4. The van der Waals surface area contributed by atoms with Crippen LogP contribution in [0.15, 0.2) is 12.4 Å². The summed E-state index contributed by atoms with van der Waals surface area (Å²) < 4.78 is 7.06. The Balaban J connectivity index is 2.60. The molecule has 114 valence electrons. The van der Waals surface area contributed by atoms with E-state index in [2.05, 4.69) is 28.7 Å². The van der Waals surface area contributed by atoms with Crippen LogP contribution < -0.4 is 5.32 Å². The van der Waals surface area contributed by atoms with Crippen molar-refractivity contribution in [2.75, 3.05) is 13.7 Å². The maximum absolute atomic E-state index is 11.9. The first-order valence-corrected chi connectivity index (χ1v) is 7.29. The number of carbonyl (C=O) groups is 1. The van der Waals surface area contributed by atoms with Crippen LogP contribution in [0.5, 0.6) is 0 Å². The number of aryl methyl sites for hydroxylation is 1. The maximum atomic E-state index is 11.9. The van der Waals surface area contributed by atoms with Crippen LogP contribution in [0.2, 0.25) is 0 Å². The molecule has 1 N–H and O–H groups in total. The number of aromatic nitrogens is 2. The number of rotatable bonds is 8. The minimum Gasteiger partial charge on any atom is -0.468 e. The van der Waals surface area contributed by atoms with E-state index in [0.29, 0.717) is 5.92 Å². The van der Waals surface area contributed by atoms with Crippen molar-refractivity contribution in [3.8, 4) is 0 Å². The van der Waals surface area contributed by atoms with Gasteiger partial charge >= 0.3 is 5.97 Å². The Bertz CT molecular complexity index is 429. The average Bonchev–Trinajstić information content (AvgIpc) is 2.86. The number of methoxy groups -OCH3 is 1. The van der Waals surface area contributed by atoms with E-state index in [4.69, 9.17) is 4.74 Å². The minimum absolute atomic E-state index is 0.200. The normalized spacial score (nSPS) is 14.3. The third-order valence-electron chi connectivity index (χ3n) is 3.54. The topological polar surface area (TPSA) is 56.2 Å². The van der Waals surface area contributed by atoms with Gasteiger partial charge in [-0.15, -0.1) is 0 Å². The molecule has 0 fully saturated rings. The highest BCUT2D eigenvalue weighted by molar-refractivity contribution is 5.80. The van der Waals surface area contributed by atoms with Gasteiger partial charge in [0.25, 0.3) is 0 Å². The smallest absolute Gasteiger partial charge is 0.325 e. The van der Waals surface area contributed by atoms with Gasteiger partial charge in [-0.1, -0.05) is 20.8 Å². The molecular formula is C15H27N3O2. The molecule has 1 rings (SSSR count). The Morgan fingerprint density at radius 1 is 1.55 bits per heavy atom. The van der Waals surface area contributed by atoms with Gasteiger partial charge in [-0.05, 0) is 26.3 Å². The summed E-state index contributed by atoms with van der Waals surface area (Å²) in [6, 6.07) is 0. The van der Waals surface area contributed by atoms with Crippen LogP contribution in [0.3, 0.4) is 0 Å². The summed E-state index contributed by atoms with van der Waals surface area (Å²) in [5.41, 5.74) is -0.609. The Kier molecular flexibility index (Phi) is 6.20. The molecule has 1 unspecified atom stereocenters. The van der Waals surface area contributed by atoms with Gasteiger partial charge in [-0.25, -0.2) is 4.98 Å². The molecule has 0 saturated heterocycles. The van der Waals surface area contributed by atoms with E-state index in [-0.39, 0.29) is 5.97 Å². The Morgan fingerprint density at radius 2 is 2.25 bits per heavy atom. The van der Waals surface area contributed by atoms with Crippen LogP contribution in [0.25, 0.3) is 0 Å². The van der Waals surface area contributed by atoms with Gasteiger partial charge in [-0.3, -0.25) is 4.79 Å². The Labute approximate surface area is 121 Å². The summed E-state index contributed by atoms with van der Waals surface area (Å²) in [5, 5.41) is 3.23. The van der Waals surface area contributed by atoms with Crippen molar-refractivity contribution in [2.45, 2.75) is 58.5 Å². The van der Waals surface area contributed by atoms with Crippen molar-refractivity contribution in [3.63, 3.8) is 0 Å². The number of carbonyl (C=O) groups excluding carboxylic acids is 1. The molecule has 1 aromatic rings. The fourth-order valence-corrected chi connectivity index (χ4v) is 2.49. The highest BCUT2D eigenvalue weighted by Gasteiger charge is 2.32. The van der Waals surface area contributed by atoms with Crippen molar-refractivity contribution in [1.29, 1.82) is 0 Å². The molecule has 0 saturated carbocycles. The SMILES string of the molecule is CCNC(C)(CCCn1ccnc1C(C)C)C(=O)OC. The molecule has 5 nitrogen and oxygen atoms in total. The molecule has 5 heteroatoms. The number of esters is 1. The molecule has 0 amide bonds. The van der Waals surface area contributed by atoms with Crippen molar-refractivity contribution in [3.05, 3.63) is 18.2 Å². The largest absolute Gasteiger partial charge is 0.468 e. The van der Waals surface area contributed by atoms with Crippen LogP contribution in [0.4, 0.5) is 0 Å². The van der Waals surface area contributed by atoms with Crippen molar-refractivity contribution in [2.24, 2.45) is 0 Å². The zero-order valence-electron chi connectivity index (χ0n) is 13.3. The second kappa shape index (κ2) is 7.43. The van der Waals surface area contributed by atoms with E-state index in [0.717, 1.165) is 31.8 Å². The molecular weight excluding hydrogens is 254 g/mol. The third-order valence-corrected chi connectivity index (χ3v) is 3.54. The lowest BCUT2D eigenvalue weighted by molar-refractivity contribution is -0.148. The van der Waals surface area contributed by atoms with E-state index in [1.807, 2.05) is 26.2 Å². The van der Waals surface area contributed by atoms with Gasteiger partial charge in [0.05, 0.1) is 7.11 Å². The molecule has 0 radical (unpaired) electrons. The lowest BCUT2D eigenvalue weighted by Gasteiger charge is -2.27. The van der Waals surface area contributed by atoms with Crippen molar-refractivity contribution in [1.82, 2.24) is 14.9 Å². The molecule has 1 aromatic heterocycles. The zero-order chi connectivity index (χ0) is 15.2. The fourth-order valence-electron chi connectivity index (χ4n) is 2.49.